The summed E-state index contributed by atoms with van der Waals surface area (Å²) in [6, 6.07) is 5.27. The van der Waals surface area contributed by atoms with Crippen LogP contribution in [0, 0.1) is 6.92 Å². The minimum absolute atomic E-state index is 0.0777. The second-order valence-corrected chi connectivity index (χ2v) is 6.20. The third-order valence-electron chi connectivity index (χ3n) is 4.27. The van der Waals surface area contributed by atoms with E-state index in [9.17, 15) is 9.59 Å². The van der Waals surface area contributed by atoms with E-state index < -0.39 is 0 Å². The maximum Gasteiger partial charge on any atom is 0.337 e. The van der Waals surface area contributed by atoms with E-state index in [1.165, 1.54) is 7.11 Å². The Hall–Kier alpha value is -2.63. The average Bonchev–Trinajstić information content (AvgIpc) is 3.16. The van der Waals surface area contributed by atoms with E-state index in [0.29, 0.717) is 35.5 Å². The number of carbonyl (C=O) groups is 2. The molecular formula is C18H20N2O4. The van der Waals surface area contributed by atoms with Crippen molar-refractivity contribution >= 4 is 17.6 Å². The minimum Gasteiger partial charge on any atom is -0.465 e. The van der Waals surface area contributed by atoms with Gasteiger partial charge in [-0.2, -0.15) is 0 Å². The summed E-state index contributed by atoms with van der Waals surface area (Å²) in [4.78, 5) is 26.4. The van der Waals surface area contributed by atoms with Crippen molar-refractivity contribution in [1.29, 1.82) is 0 Å². The van der Waals surface area contributed by atoms with Crippen LogP contribution in [0.4, 0.5) is 5.69 Å². The summed E-state index contributed by atoms with van der Waals surface area (Å²) >= 11 is 0. The summed E-state index contributed by atoms with van der Waals surface area (Å²) in [6.45, 7) is 6.29. The molecule has 3 rings (SSSR count). The van der Waals surface area contributed by atoms with Crippen LogP contribution >= 0.6 is 0 Å². The fourth-order valence-corrected chi connectivity index (χ4v) is 3.03. The highest BCUT2D eigenvalue weighted by atomic mass is 16.5. The molecule has 6 nitrogen and oxygen atoms in total. The highest BCUT2D eigenvalue weighted by Crippen LogP contribution is 2.32. The quantitative estimate of drug-likeness (QED) is 0.810. The number of fused-ring (bicyclic) bond motifs is 1. The van der Waals surface area contributed by atoms with Crippen LogP contribution in [-0.2, 0) is 11.2 Å². The van der Waals surface area contributed by atoms with E-state index in [2.05, 4.69) is 5.16 Å². The number of nitrogens with zero attached hydrogens (tertiary/aromatic N) is 2. The van der Waals surface area contributed by atoms with Crippen LogP contribution in [0.15, 0.2) is 22.7 Å². The van der Waals surface area contributed by atoms with Gasteiger partial charge in [0.05, 0.1) is 18.4 Å². The van der Waals surface area contributed by atoms with Gasteiger partial charge in [0.25, 0.3) is 5.91 Å². The highest BCUT2D eigenvalue weighted by Gasteiger charge is 2.31. The molecule has 0 saturated heterocycles. The van der Waals surface area contributed by atoms with Crippen LogP contribution < -0.4 is 4.90 Å². The number of ether oxygens (including phenoxy) is 1. The largest absolute Gasteiger partial charge is 0.465 e. The Morgan fingerprint density at radius 1 is 1.33 bits per heavy atom. The Labute approximate surface area is 140 Å². The Morgan fingerprint density at radius 3 is 2.75 bits per heavy atom. The predicted molar refractivity (Wildman–Crippen MR) is 88.5 cm³/mol. The summed E-state index contributed by atoms with van der Waals surface area (Å²) in [5.41, 5.74) is 3.42. The van der Waals surface area contributed by atoms with Crippen molar-refractivity contribution in [3.05, 3.63) is 46.3 Å². The van der Waals surface area contributed by atoms with Crippen molar-refractivity contribution < 1.29 is 18.8 Å². The van der Waals surface area contributed by atoms with Gasteiger partial charge in [-0.1, -0.05) is 19.0 Å². The molecule has 0 bridgehead atoms. The van der Waals surface area contributed by atoms with Gasteiger partial charge in [-0.3, -0.25) is 4.79 Å². The number of methoxy groups -OCH3 is 1. The molecular weight excluding hydrogens is 308 g/mol. The lowest BCUT2D eigenvalue weighted by atomic mass is 10.0. The summed E-state index contributed by atoms with van der Waals surface area (Å²) in [7, 11) is 1.35. The lowest BCUT2D eigenvalue weighted by molar-refractivity contribution is 0.0600. The number of hydrogen-bond acceptors (Lipinski definition) is 5. The Kier molecular flexibility index (Phi) is 4.13. The van der Waals surface area contributed by atoms with Gasteiger partial charge < -0.3 is 14.2 Å². The fraction of sp³-hybridized carbons (Fsp3) is 0.389. The van der Waals surface area contributed by atoms with E-state index in [1.807, 2.05) is 13.8 Å². The first kappa shape index (κ1) is 16.2. The van der Waals surface area contributed by atoms with Crippen molar-refractivity contribution in [2.75, 3.05) is 18.6 Å². The maximum absolute atomic E-state index is 13.0. The molecule has 126 valence electrons. The Balaban J connectivity index is 1.96. The van der Waals surface area contributed by atoms with Crippen LogP contribution in [-0.4, -0.2) is 30.7 Å². The van der Waals surface area contributed by atoms with Gasteiger partial charge in [0.2, 0.25) is 0 Å². The van der Waals surface area contributed by atoms with Crippen LogP contribution in [0.25, 0.3) is 0 Å². The standard InChI is InChI=1S/C18H20N2O4/c1-10(2)16-15(11(3)19-24-16)17(21)20-8-7-12-9-13(18(22)23-4)5-6-14(12)20/h5-6,9-10H,7-8H2,1-4H3. The topological polar surface area (TPSA) is 72.6 Å². The highest BCUT2D eigenvalue weighted by molar-refractivity contribution is 6.09. The number of hydrogen-bond donors (Lipinski definition) is 0. The second-order valence-electron chi connectivity index (χ2n) is 6.20. The first-order valence-corrected chi connectivity index (χ1v) is 7.93. The van der Waals surface area contributed by atoms with E-state index in [-0.39, 0.29) is 17.8 Å². The molecule has 24 heavy (non-hydrogen) atoms. The van der Waals surface area contributed by atoms with Crippen LogP contribution in [0.3, 0.4) is 0 Å². The molecule has 2 aromatic rings. The van der Waals surface area contributed by atoms with Crippen LogP contribution in [0.1, 0.15) is 57.5 Å². The molecule has 0 unspecified atom stereocenters. The minimum atomic E-state index is -0.375. The lowest BCUT2D eigenvalue weighted by Crippen LogP contribution is -2.30. The van der Waals surface area contributed by atoms with Crippen molar-refractivity contribution in [2.24, 2.45) is 0 Å². The Bertz CT molecular complexity index is 807. The van der Waals surface area contributed by atoms with Gasteiger partial charge in [0, 0.05) is 18.2 Å². The lowest BCUT2D eigenvalue weighted by Gasteiger charge is -2.18. The van der Waals surface area contributed by atoms with Gasteiger partial charge in [0.15, 0.2) is 5.76 Å². The predicted octanol–water partition coefficient (Wildman–Crippen LogP) is 3.10. The van der Waals surface area contributed by atoms with E-state index >= 15 is 0 Å². The van der Waals surface area contributed by atoms with Crippen molar-refractivity contribution in [3.8, 4) is 0 Å². The molecule has 1 amide bonds. The SMILES string of the molecule is COC(=O)c1ccc2c(c1)CCN2C(=O)c1c(C)noc1C(C)C. The van der Waals surface area contributed by atoms with Gasteiger partial charge in [-0.15, -0.1) is 0 Å². The average molecular weight is 328 g/mol. The maximum atomic E-state index is 13.0. The summed E-state index contributed by atoms with van der Waals surface area (Å²) in [5.74, 6) is 0.202. The number of aryl methyl sites for hydroxylation is 1. The molecule has 0 saturated carbocycles. The van der Waals surface area contributed by atoms with Crippen LogP contribution in [0.2, 0.25) is 0 Å². The third-order valence-corrected chi connectivity index (χ3v) is 4.27. The smallest absolute Gasteiger partial charge is 0.337 e. The normalized spacial score (nSPS) is 13.3. The fourth-order valence-electron chi connectivity index (χ4n) is 3.03. The first-order chi connectivity index (χ1) is 11.4. The van der Waals surface area contributed by atoms with Crippen molar-refractivity contribution in [1.82, 2.24) is 5.16 Å². The third kappa shape index (κ3) is 2.58. The molecule has 1 aliphatic heterocycles. The van der Waals surface area contributed by atoms with E-state index in [1.54, 1.807) is 30.0 Å². The second kappa shape index (κ2) is 6.11. The molecule has 0 N–H and O–H groups in total. The monoisotopic (exact) mass is 328 g/mol. The van der Waals surface area contributed by atoms with Gasteiger partial charge in [0.1, 0.15) is 5.56 Å². The van der Waals surface area contributed by atoms with Gasteiger partial charge in [-0.25, -0.2) is 4.79 Å². The molecule has 0 atom stereocenters. The number of benzene rings is 1. The van der Waals surface area contributed by atoms with E-state index in [0.717, 1.165) is 11.3 Å². The molecule has 1 aliphatic rings. The zero-order chi connectivity index (χ0) is 17.4. The summed E-state index contributed by atoms with van der Waals surface area (Å²) < 4.78 is 10.1. The molecule has 1 aromatic heterocycles. The van der Waals surface area contributed by atoms with Crippen molar-refractivity contribution in [3.63, 3.8) is 0 Å². The van der Waals surface area contributed by atoms with E-state index in [4.69, 9.17) is 9.26 Å². The molecule has 2 heterocycles. The zero-order valence-electron chi connectivity index (χ0n) is 14.3. The molecule has 1 aromatic carbocycles. The number of anilines is 1. The van der Waals surface area contributed by atoms with Crippen LogP contribution in [0.5, 0.6) is 0 Å². The molecule has 0 aliphatic carbocycles. The summed E-state index contributed by atoms with van der Waals surface area (Å²) in [6.07, 6.45) is 0.702. The van der Waals surface area contributed by atoms with Crippen molar-refractivity contribution in [2.45, 2.75) is 33.1 Å². The van der Waals surface area contributed by atoms with Gasteiger partial charge in [-0.05, 0) is 37.1 Å². The number of carbonyl (C=O) groups excluding carboxylic acids is 2. The molecule has 6 heteroatoms. The number of esters is 1. The number of amides is 1. The Morgan fingerprint density at radius 2 is 2.08 bits per heavy atom. The number of aromatic nitrogens is 1. The van der Waals surface area contributed by atoms with Gasteiger partial charge >= 0.3 is 5.97 Å². The molecule has 0 radical (unpaired) electrons. The summed E-state index contributed by atoms with van der Waals surface area (Å²) in [5, 5.41) is 3.95. The number of rotatable bonds is 3. The molecule has 0 fully saturated rings. The molecule has 0 spiro atoms. The zero-order valence-corrected chi connectivity index (χ0v) is 14.3. The first-order valence-electron chi connectivity index (χ1n) is 7.93.